The van der Waals surface area contributed by atoms with Crippen molar-refractivity contribution in [2.45, 2.75) is 83.2 Å². The molecule has 0 saturated heterocycles. The number of cyclic esters (lactones) is 1. The molecule has 1 aromatic carbocycles. The summed E-state index contributed by atoms with van der Waals surface area (Å²) in [5, 5.41) is 22.5. The number of nitrogens with one attached hydrogen (secondary N) is 4. The number of aromatic nitrogens is 2. The van der Waals surface area contributed by atoms with E-state index in [4.69, 9.17) is 52.4 Å². The number of amides is 6. The number of hydrogen-bond acceptors (Lipinski definition) is 20. The Bertz CT molecular complexity index is 2800. The average molecular weight is 1170 g/mol. The molecule has 5 heterocycles. The van der Waals surface area contributed by atoms with E-state index < -0.39 is 64.4 Å². The highest BCUT2D eigenvalue weighted by atomic mass is 19.1. The topological polar surface area (TPSA) is 318 Å². The van der Waals surface area contributed by atoms with Crippen LogP contribution in [0.5, 0.6) is 5.75 Å². The minimum absolute atomic E-state index is 0.00396. The van der Waals surface area contributed by atoms with Gasteiger partial charge in [-0.3, -0.25) is 38.5 Å². The fourth-order valence-corrected chi connectivity index (χ4v) is 9.17. The van der Waals surface area contributed by atoms with Gasteiger partial charge in [-0.1, -0.05) is 6.92 Å². The molecular weight excluding hydrogens is 1090 g/mol. The van der Waals surface area contributed by atoms with Gasteiger partial charge in [0.05, 0.1) is 135 Å². The van der Waals surface area contributed by atoms with Gasteiger partial charge in [-0.15, -0.1) is 0 Å². The maximum atomic E-state index is 15.6. The van der Waals surface area contributed by atoms with Crippen LogP contribution in [0.25, 0.3) is 22.3 Å². The Balaban J connectivity index is 0.888. The highest BCUT2D eigenvalue weighted by molar-refractivity contribution is 6.12. The molecular formula is C56H76FN7O19. The third kappa shape index (κ3) is 19.1. The summed E-state index contributed by atoms with van der Waals surface area (Å²) in [5.74, 6) is -4.72. The Morgan fingerprint density at radius 3 is 1.89 bits per heavy atom. The zero-order valence-electron chi connectivity index (χ0n) is 47.3. The van der Waals surface area contributed by atoms with Crippen LogP contribution in [0.4, 0.5) is 4.39 Å². The van der Waals surface area contributed by atoms with Gasteiger partial charge in [0.15, 0.2) is 17.2 Å². The summed E-state index contributed by atoms with van der Waals surface area (Å²) in [4.78, 5) is 109. The van der Waals surface area contributed by atoms with Crippen LogP contribution in [0.2, 0.25) is 0 Å². The number of hydrogen-bond donors (Lipinski definition) is 5. The highest BCUT2D eigenvalue weighted by Gasteiger charge is 2.45. The lowest BCUT2D eigenvalue weighted by Crippen LogP contribution is -2.47. The smallest absolute Gasteiger partial charge is 0.343 e. The van der Waals surface area contributed by atoms with Crippen molar-refractivity contribution in [1.29, 1.82) is 0 Å². The second kappa shape index (κ2) is 34.1. The average Bonchev–Trinajstić information content (AvgIpc) is 2.10. The minimum atomic E-state index is -2.03. The predicted molar refractivity (Wildman–Crippen MR) is 292 cm³/mol. The number of esters is 1. The molecule has 0 spiro atoms. The summed E-state index contributed by atoms with van der Waals surface area (Å²) in [6, 6.07) is 3.31. The van der Waals surface area contributed by atoms with E-state index in [2.05, 4.69) is 21.3 Å². The maximum Gasteiger partial charge on any atom is 0.343 e. The molecule has 6 amide bonds. The van der Waals surface area contributed by atoms with Crippen molar-refractivity contribution in [2.24, 2.45) is 0 Å². The van der Waals surface area contributed by atoms with Crippen molar-refractivity contribution in [3.05, 3.63) is 68.8 Å². The Morgan fingerprint density at radius 1 is 0.723 bits per heavy atom. The molecule has 456 valence electrons. The summed E-state index contributed by atoms with van der Waals surface area (Å²) in [7, 11) is 2.91. The van der Waals surface area contributed by atoms with E-state index in [1.54, 1.807) is 26.2 Å². The number of pyridine rings is 2. The molecule has 6 rings (SSSR count). The zero-order chi connectivity index (χ0) is 59.6. The number of imide groups is 1. The molecule has 0 saturated carbocycles. The van der Waals surface area contributed by atoms with E-state index >= 15 is 4.39 Å². The van der Waals surface area contributed by atoms with Crippen molar-refractivity contribution in [3.63, 3.8) is 0 Å². The number of nitrogens with zero attached hydrogens (tertiary/aromatic N) is 3. The molecule has 83 heavy (non-hydrogen) atoms. The lowest BCUT2D eigenvalue weighted by atomic mass is 9.86. The fraction of sp³-hybridized carbons (Fsp3) is 0.589. The van der Waals surface area contributed by atoms with Gasteiger partial charge < -0.3 is 78.3 Å². The summed E-state index contributed by atoms with van der Waals surface area (Å²) >= 11 is 0. The lowest BCUT2D eigenvalue weighted by Gasteiger charge is -2.31. The highest BCUT2D eigenvalue weighted by Crippen LogP contribution is 2.40. The Hall–Kier alpha value is -6.82. The Kier molecular flexibility index (Phi) is 26.8. The maximum absolute atomic E-state index is 15.6. The largest absolute Gasteiger partial charge is 0.493 e. The number of methoxy groups -OCH3 is 2. The molecule has 27 heteroatoms. The molecule has 0 bridgehead atoms. The van der Waals surface area contributed by atoms with Gasteiger partial charge in [-0.05, 0) is 37.8 Å². The summed E-state index contributed by atoms with van der Waals surface area (Å²) in [5.41, 5.74) is -0.416. The molecule has 2 atom stereocenters. The molecule has 3 aliphatic heterocycles. The van der Waals surface area contributed by atoms with Gasteiger partial charge in [-0.25, -0.2) is 14.2 Å². The van der Waals surface area contributed by atoms with Crippen LogP contribution in [0.15, 0.2) is 35.1 Å². The van der Waals surface area contributed by atoms with Crippen molar-refractivity contribution in [1.82, 2.24) is 35.7 Å². The van der Waals surface area contributed by atoms with Crippen molar-refractivity contribution in [2.75, 3.05) is 133 Å². The van der Waals surface area contributed by atoms with E-state index in [1.165, 1.54) is 17.7 Å². The second-order valence-electron chi connectivity index (χ2n) is 19.3. The normalized spacial score (nSPS) is 15.5. The van der Waals surface area contributed by atoms with Crippen LogP contribution in [0.3, 0.4) is 0 Å². The number of rotatable bonds is 41. The first-order valence-electron chi connectivity index (χ1n) is 27.7. The van der Waals surface area contributed by atoms with Crippen molar-refractivity contribution in [3.8, 4) is 17.1 Å². The predicted octanol–water partition coefficient (Wildman–Crippen LogP) is 0.589. The van der Waals surface area contributed by atoms with Crippen LogP contribution in [0, 0.1) is 5.82 Å². The first-order valence-corrected chi connectivity index (χ1v) is 27.7. The van der Waals surface area contributed by atoms with Gasteiger partial charge in [0.1, 0.15) is 12.6 Å². The number of benzene rings is 1. The summed E-state index contributed by atoms with van der Waals surface area (Å²) < 4.78 is 70.8. The standard InChI is InChI=1S/C56H76FN7O19/c1-4-56(73)41-32-45-51-37(35-64(45)54(71)40(41)36-83-55(56)72)31-38-39(52(75-3)42(57)33-44(38)62-51)34-60-46(65)7-5-13-59-53(70)43(61-48(67)8-6-15-63-49(68)11-12-50(63)69)9-10-47(66)58-14-16-76-19-20-78-23-24-80-27-28-82-30-29-81-26-25-79-22-21-77-18-17-74-2/h11-12,31-33,43,73H,4-10,13-30,34-36H2,1-3H3,(H,58,66)(H,59,70)(H,60,65)(H,61,67)/t43?,56-/m0/s1. The second-order valence-corrected chi connectivity index (χ2v) is 19.3. The Labute approximate surface area is 479 Å². The van der Waals surface area contributed by atoms with E-state index in [-0.39, 0.29) is 125 Å². The van der Waals surface area contributed by atoms with Gasteiger partial charge in [-0.2, -0.15) is 0 Å². The van der Waals surface area contributed by atoms with Gasteiger partial charge in [0, 0.05) is 92.8 Å². The zero-order valence-corrected chi connectivity index (χ0v) is 47.3. The first kappa shape index (κ1) is 65.3. The van der Waals surface area contributed by atoms with Gasteiger partial charge in [0.2, 0.25) is 23.6 Å². The van der Waals surface area contributed by atoms with Gasteiger partial charge in [0.25, 0.3) is 17.4 Å². The molecule has 3 aromatic rings. The molecule has 5 N–H and O–H groups in total. The van der Waals surface area contributed by atoms with Crippen molar-refractivity contribution >= 4 is 52.3 Å². The van der Waals surface area contributed by atoms with Crippen LogP contribution >= 0.6 is 0 Å². The number of halogens is 1. The van der Waals surface area contributed by atoms with Crippen LogP contribution < -0.4 is 31.6 Å². The molecule has 0 fully saturated rings. The van der Waals surface area contributed by atoms with Crippen LogP contribution in [0.1, 0.15) is 74.1 Å². The third-order valence-electron chi connectivity index (χ3n) is 13.6. The molecule has 26 nitrogen and oxygen atoms in total. The van der Waals surface area contributed by atoms with Crippen LogP contribution in [-0.4, -0.2) is 200 Å². The van der Waals surface area contributed by atoms with Crippen molar-refractivity contribution < 1.29 is 90.4 Å². The quantitative estimate of drug-likeness (QED) is 0.0231. The van der Waals surface area contributed by atoms with Crippen LogP contribution in [-0.2, 0) is 101 Å². The lowest BCUT2D eigenvalue weighted by molar-refractivity contribution is -0.172. The van der Waals surface area contributed by atoms with E-state index in [9.17, 15) is 43.5 Å². The number of aliphatic hydroxyl groups is 1. The summed E-state index contributed by atoms with van der Waals surface area (Å²) in [6.45, 7) is 7.58. The molecule has 0 aliphatic carbocycles. The fourth-order valence-electron chi connectivity index (χ4n) is 9.17. The SMILES string of the molecule is CC[C@@]1(O)C(=O)OCc2c1cc1n(c2=O)Cc2cc3c(CNC(=O)CCCNC(=O)C(CCC(=O)NCCOCCOCCOCCOCCOCCOCCOCCOC)NC(=O)CCCN4C(=O)C=CC4=O)c(OC)c(F)cc3nc2-1. The molecule has 2 aromatic heterocycles. The number of ether oxygens (including phenoxy) is 10. The number of carbonyl (C=O) groups excluding carboxylic acids is 7. The monoisotopic (exact) mass is 1170 g/mol. The molecule has 1 unspecified atom stereocenters. The minimum Gasteiger partial charge on any atom is -0.493 e. The first-order chi connectivity index (χ1) is 40.2. The summed E-state index contributed by atoms with van der Waals surface area (Å²) in [6.07, 6.45) is 2.10. The Morgan fingerprint density at radius 2 is 1.30 bits per heavy atom. The van der Waals surface area contributed by atoms with E-state index in [1.807, 2.05) is 0 Å². The number of fused-ring (bicyclic) bond motifs is 5. The molecule has 3 aliphatic rings. The molecule has 0 radical (unpaired) electrons. The third-order valence-corrected chi connectivity index (χ3v) is 13.6. The van der Waals surface area contributed by atoms with E-state index in [0.717, 1.165) is 17.1 Å². The van der Waals surface area contributed by atoms with E-state index in [0.29, 0.717) is 108 Å². The van der Waals surface area contributed by atoms with Gasteiger partial charge >= 0.3 is 5.97 Å². The number of carbonyl (C=O) groups is 7.